The van der Waals surface area contributed by atoms with E-state index in [1.807, 2.05) is 6.08 Å². The molecule has 1 aromatic carbocycles. The number of hydrogen-bond donors (Lipinski definition) is 0. The van der Waals surface area contributed by atoms with Crippen molar-refractivity contribution in [3.8, 4) is 0 Å². The van der Waals surface area contributed by atoms with Gasteiger partial charge in [-0.15, -0.1) is 0 Å². The number of benzene rings is 1. The van der Waals surface area contributed by atoms with Gasteiger partial charge in [0.05, 0.1) is 6.67 Å². The molecule has 2 rings (SSSR count). The Kier molecular flexibility index (Phi) is 14.8. The zero-order valence-electron chi connectivity index (χ0n) is 21.3. The van der Waals surface area contributed by atoms with Crippen LogP contribution in [0.5, 0.6) is 0 Å². The number of rotatable bonds is 6. The third kappa shape index (κ3) is 8.81. The van der Waals surface area contributed by atoms with Crippen LogP contribution in [0.15, 0.2) is 60.3 Å². The van der Waals surface area contributed by atoms with Crippen molar-refractivity contribution in [3.05, 3.63) is 65.9 Å². The number of allylic oxidation sites excluding steroid dienone is 4. The summed E-state index contributed by atoms with van der Waals surface area (Å²) >= 11 is 0. The molecule has 0 amide bonds. The van der Waals surface area contributed by atoms with Crippen LogP contribution in [-0.2, 0) is 0 Å². The maximum absolute atomic E-state index is 3.92. The average molecular weight is 413 g/mol. The molecule has 2 heteroatoms. The van der Waals surface area contributed by atoms with Gasteiger partial charge in [-0.05, 0) is 42.0 Å². The van der Waals surface area contributed by atoms with E-state index in [1.165, 1.54) is 35.4 Å². The van der Waals surface area contributed by atoms with Crippen LogP contribution in [0.1, 0.15) is 86.6 Å². The maximum atomic E-state index is 3.92. The molecular weight excluding hydrogens is 364 g/mol. The van der Waals surface area contributed by atoms with Crippen LogP contribution in [0.25, 0.3) is 0 Å². The summed E-state index contributed by atoms with van der Waals surface area (Å²) in [7, 11) is 0. The highest BCUT2D eigenvalue weighted by Gasteiger charge is 2.25. The van der Waals surface area contributed by atoms with Crippen LogP contribution in [0.4, 0.5) is 5.69 Å². The van der Waals surface area contributed by atoms with Gasteiger partial charge in [0.1, 0.15) is 0 Å². The molecule has 0 N–H and O–H groups in total. The maximum Gasteiger partial charge on any atom is 0.0904 e. The van der Waals surface area contributed by atoms with Crippen molar-refractivity contribution in [2.45, 2.75) is 81.1 Å². The van der Waals surface area contributed by atoms with E-state index in [9.17, 15) is 0 Å². The second-order valence-corrected chi connectivity index (χ2v) is 8.48. The van der Waals surface area contributed by atoms with E-state index in [0.29, 0.717) is 11.8 Å². The van der Waals surface area contributed by atoms with Crippen LogP contribution in [0.3, 0.4) is 0 Å². The van der Waals surface area contributed by atoms with Crippen LogP contribution in [-0.4, -0.2) is 24.7 Å². The smallest absolute Gasteiger partial charge is 0.0904 e. The molecule has 1 aliphatic heterocycles. The molecule has 1 aromatic rings. The van der Waals surface area contributed by atoms with E-state index in [4.69, 9.17) is 0 Å². The van der Waals surface area contributed by atoms with Crippen molar-refractivity contribution < 1.29 is 0 Å². The van der Waals surface area contributed by atoms with Crippen LogP contribution in [0, 0.1) is 5.92 Å². The van der Waals surface area contributed by atoms with E-state index in [2.05, 4.69) is 115 Å². The highest BCUT2D eigenvalue weighted by atomic mass is 15.4. The molecule has 0 radical (unpaired) electrons. The average Bonchev–Trinajstić information content (AvgIpc) is 3.18. The Morgan fingerprint density at radius 3 is 2.03 bits per heavy atom. The lowest BCUT2D eigenvalue weighted by Gasteiger charge is -2.28. The Morgan fingerprint density at radius 1 is 1.00 bits per heavy atom. The van der Waals surface area contributed by atoms with E-state index >= 15 is 0 Å². The van der Waals surface area contributed by atoms with Gasteiger partial charge >= 0.3 is 0 Å². The first-order valence-electron chi connectivity index (χ1n) is 11.9. The molecular formula is C28H48N2. The van der Waals surface area contributed by atoms with E-state index < -0.39 is 0 Å². The van der Waals surface area contributed by atoms with Crippen molar-refractivity contribution >= 4 is 5.69 Å². The SMILES string of the molecule is C=C/C=C(\C(=C/C)C(C)C)N1CCN(c2ccccc2C(C)C)C1.CCC.CCC. The summed E-state index contributed by atoms with van der Waals surface area (Å²) in [5.41, 5.74) is 5.52. The number of anilines is 1. The van der Waals surface area contributed by atoms with Gasteiger partial charge in [0.2, 0.25) is 0 Å². The largest absolute Gasteiger partial charge is 0.352 e. The minimum absolute atomic E-state index is 0.512. The first-order valence-corrected chi connectivity index (χ1v) is 11.9. The minimum atomic E-state index is 0.512. The summed E-state index contributed by atoms with van der Waals surface area (Å²) < 4.78 is 0. The molecule has 1 aliphatic rings. The van der Waals surface area contributed by atoms with Gasteiger partial charge < -0.3 is 9.80 Å². The lowest BCUT2D eigenvalue weighted by molar-refractivity contribution is 0.427. The topological polar surface area (TPSA) is 6.48 Å². The molecule has 0 saturated carbocycles. The first kappa shape index (κ1) is 28.0. The van der Waals surface area contributed by atoms with Crippen molar-refractivity contribution in [3.63, 3.8) is 0 Å². The van der Waals surface area contributed by atoms with Crippen molar-refractivity contribution in [2.24, 2.45) is 5.92 Å². The quantitative estimate of drug-likeness (QED) is 0.433. The molecule has 170 valence electrons. The molecule has 1 fully saturated rings. The monoisotopic (exact) mass is 412 g/mol. The Hall–Kier alpha value is -1.96. The van der Waals surface area contributed by atoms with Crippen molar-refractivity contribution in [1.29, 1.82) is 0 Å². The minimum Gasteiger partial charge on any atom is -0.352 e. The molecule has 0 atom stereocenters. The van der Waals surface area contributed by atoms with Gasteiger partial charge in [0, 0.05) is 24.5 Å². The fourth-order valence-corrected chi connectivity index (χ4v) is 3.52. The highest BCUT2D eigenvalue weighted by molar-refractivity contribution is 5.56. The molecule has 1 saturated heterocycles. The second kappa shape index (κ2) is 15.8. The molecule has 0 aromatic heterocycles. The Labute approximate surface area is 188 Å². The predicted octanol–water partition coefficient (Wildman–Crippen LogP) is 8.39. The van der Waals surface area contributed by atoms with E-state index in [1.54, 1.807) is 0 Å². The number of nitrogens with zero attached hydrogens (tertiary/aromatic N) is 2. The standard InChI is InChI=1S/C22H32N2.2C3H8/c1-7-11-21(19(8-2)17(3)4)23-14-15-24(16-23)22-13-10-9-12-20(22)18(5)6;2*1-3-2/h7-13,17-18H,1,14-16H2,2-6H3;2*3H2,1-2H3/b19-8-,21-11+;;. The fraction of sp³-hybridized carbons (Fsp3) is 0.571. The van der Waals surface area contributed by atoms with Gasteiger partial charge in [0.25, 0.3) is 0 Å². The van der Waals surface area contributed by atoms with Crippen LogP contribution in [0.2, 0.25) is 0 Å². The normalized spacial score (nSPS) is 14.4. The second-order valence-electron chi connectivity index (χ2n) is 8.48. The lowest BCUT2D eigenvalue weighted by Crippen LogP contribution is -2.27. The summed E-state index contributed by atoms with van der Waals surface area (Å²) in [6.07, 6.45) is 8.81. The van der Waals surface area contributed by atoms with Gasteiger partial charge in [-0.3, -0.25) is 0 Å². The number of para-hydroxylation sites is 1. The van der Waals surface area contributed by atoms with Crippen LogP contribution >= 0.6 is 0 Å². The Bertz CT molecular complexity index is 650. The van der Waals surface area contributed by atoms with Gasteiger partial charge in [-0.25, -0.2) is 0 Å². The van der Waals surface area contributed by atoms with Crippen LogP contribution < -0.4 is 4.90 Å². The number of hydrogen-bond acceptors (Lipinski definition) is 2. The molecule has 1 heterocycles. The lowest BCUT2D eigenvalue weighted by atomic mass is 9.98. The summed E-state index contributed by atoms with van der Waals surface area (Å²) in [6.45, 7) is 26.7. The summed E-state index contributed by atoms with van der Waals surface area (Å²) in [5, 5.41) is 0. The van der Waals surface area contributed by atoms with Gasteiger partial charge in [0.15, 0.2) is 0 Å². The zero-order valence-corrected chi connectivity index (χ0v) is 21.3. The molecule has 0 aliphatic carbocycles. The predicted molar refractivity (Wildman–Crippen MR) is 138 cm³/mol. The highest BCUT2D eigenvalue weighted by Crippen LogP contribution is 2.31. The third-order valence-corrected chi connectivity index (χ3v) is 4.73. The van der Waals surface area contributed by atoms with Crippen molar-refractivity contribution in [1.82, 2.24) is 4.90 Å². The summed E-state index contributed by atoms with van der Waals surface area (Å²) in [5.74, 6) is 1.05. The fourth-order valence-electron chi connectivity index (χ4n) is 3.52. The molecule has 0 bridgehead atoms. The molecule has 0 spiro atoms. The first-order chi connectivity index (χ1) is 14.3. The van der Waals surface area contributed by atoms with E-state index in [0.717, 1.165) is 19.8 Å². The molecule has 2 nitrogen and oxygen atoms in total. The van der Waals surface area contributed by atoms with E-state index in [-0.39, 0.29) is 0 Å². The van der Waals surface area contributed by atoms with Gasteiger partial charge in [-0.1, -0.05) is 105 Å². The van der Waals surface area contributed by atoms with Gasteiger partial charge in [-0.2, -0.15) is 0 Å². The zero-order chi connectivity index (χ0) is 23.1. The summed E-state index contributed by atoms with van der Waals surface area (Å²) in [6, 6.07) is 8.81. The Balaban J connectivity index is 0.00000125. The molecule has 30 heavy (non-hydrogen) atoms. The third-order valence-electron chi connectivity index (χ3n) is 4.73. The van der Waals surface area contributed by atoms with Crippen molar-refractivity contribution in [2.75, 3.05) is 24.7 Å². The Morgan fingerprint density at radius 2 is 1.57 bits per heavy atom. The molecule has 0 unspecified atom stereocenters. The summed E-state index contributed by atoms with van der Waals surface area (Å²) in [4.78, 5) is 4.98.